The second-order valence-electron chi connectivity index (χ2n) is 5.45. The standard InChI is InChI=1S/C20H13Cl3N2OS/c21-14-3-8-17(9-4-14)27-16-6-1-13(2-7-16)12-24-25-20(26)18-10-5-15(22)11-19(18)23/h1-12H,(H,25,26)/b24-12-. The van der Waals surface area contributed by atoms with Gasteiger partial charge in [0.1, 0.15) is 0 Å². The minimum absolute atomic E-state index is 0.277. The molecule has 0 aromatic heterocycles. The number of hydrogen-bond donors (Lipinski definition) is 1. The van der Waals surface area contributed by atoms with Crippen molar-refractivity contribution in [1.29, 1.82) is 0 Å². The zero-order valence-electron chi connectivity index (χ0n) is 13.8. The molecule has 0 spiro atoms. The summed E-state index contributed by atoms with van der Waals surface area (Å²) in [6.07, 6.45) is 1.57. The molecule has 0 aliphatic carbocycles. The molecule has 0 bridgehead atoms. The zero-order valence-corrected chi connectivity index (χ0v) is 16.9. The minimum Gasteiger partial charge on any atom is -0.267 e. The van der Waals surface area contributed by atoms with Crippen LogP contribution in [0.3, 0.4) is 0 Å². The van der Waals surface area contributed by atoms with Gasteiger partial charge in [-0.3, -0.25) is 4.79 Å². The summed E-state index contributed by atoms with van der Waals surface area (Å²) in [5.74, 6) is -0.400. The van der Waals surface area contributed by atoms with Gasteiger partial charge in [-0.1, -0.05) is 58.7 Å². The molecule has 3 rings (SSSR count). The van der Waals surface area contributed by atoms with E-state index in [4.69, 9.17) is 34.8 Å². The second kappa shape index (κ2) is 9.29. The Morgan fingerprint density at radius 3 is 2.07 bits per heavy atom. The fraction of sp³-hybridized carbons (Fsp3) is 0. The molecule has 7 heteroatoms. The van der Waals surface area contributed by atoms with Crippen molar-refractivity contribution < 1.29 is 4.79 Å². The van der Waals surface area contributed by atoms with Crippen molar-refractivity contribution in [3.8, 4) is 0 Å². The molecular weight excluding hydrogens is 423 g/mol. The summed E-state index contributed by atoms with van der Waals surface area (Å²) in [6.45, 7) is 0. The first-order chi connectivity index (χ1) is 13.0. The monoisotopic (exact) mass is 434 g/mol. The summed E-state index contributed by atoms with van der Waals surface area (Å²) in [7, 11) is 0. The number of hydrazone groups is 1. The van der Waals surface area contributed by atoms with Crippen LogP contribution in [0.25, 0.3) is 0 Å². The van der Waals surface area contributed by atoms with E-state index in [9.17, 15) is 4.79 Å². The summed E-state index contributed by atoms with van der Waals surface area (Å²) in [6, 6.07) is 20.1. The maximum Gasteiger partial charge on any atom is 0.272 e. The molecule has 0 radical (unpaired) electrons. The van der Waals surface area contributed by atoms with Crippen LogP contribution in [-0.4, -0.2) is 12.1 Å². The van der Waals surface area contributed by atoms with Crippen molar-refractivity contribution in [3.05, 3.63) is 92.9 Å². The topological polar surface area (TPSA) is 41.5 Å². The van der Waals surface area contributed by atoms with E-state index in [-0.39, 0.29) is 5.02 Å². The highest BCUT2D eigenvalue weighted by molar-refractivity contribution is 7.99. The Morgan fingerprint density at radius 1 is 0.852 bits per heavy atom. The number of hydrogen-bond acceptors (Lipinski definition) is 3. The molecule has 1 N–H and O–H groups in total. The van der Waals surface area contributed by atoms with Crippen LogP contribution in [0, 0.1) is 0 Å². The number of amides is 1. The van der Waals surface area contributed by atoms with E-state index in [1.54, 1.807) is 30.1 Å². The van der Waals surface area contributed by atoms with Crippen LogP contribution in [0.2, 0.25) is 15.1 Å². The number of halogens is 3. The molecule has 3 aromatic rings. The van der Waals surface area contributed by atoms with Crippen molar-refractivity contribution in [2.75, 3.05) is 0 Å². The minimum atomic E-state index is -0.400. The maximum atomic E-state index is 12.1. The van der Waals surface area contributed by atoms with Crippen LogP contribution < -0.4 is 5.43 Å². The lowest BCUT2D eigenvalue weighted by Gasteiger charge is -2.03. The van der Waals surface area contributed by atoms with Crippen LogP contribution in [0.15, 0.2) is 81.6 Å². The van der Waals surface area contributed by atoms with Gasteiger partial charge < -0.3 is 0 Å². The van der Waals surface area contributed by atoms with Gasteiger partial charge in [-0.05, 0) is 60.2 Å². The maximum absolute atomic E-state index is 12.1. The van der Waals surface area contributed by atoms with Gasteiger partial charge in [0.2, 0.25) is 0 Å². The van der Waals surface area contributed by atoms with Crippen molar-refractivity contribution in [1.82, 2.24) is 5.43 Å². The molecule has 0 aliphatic rings. The van der Waals surface area contributed by atoms with Crippen LogP contribution in [0.4, 0.5) is 0 Å². The third-order valence-corrected chi connectivity index (χ3v) is 5.30. The van der Waals surface area contributed by atoms with Crippen LogP contribution >= 0.6 is 46.6 Å². The molecule has 0 aliphatic heterocycles. The number of carbonyl (C=O) groups excluding carboxylic acids is 1. The van der Waals surface area contributed by atoms with Crippen molar-refractivity contribution in [2.24, 2.45) is 5.10 Å². The Labute approximate surface area is 176 Å². The van der Waals surface area contributed by atoms with E-state index in [0.717, 1.165) is 15.4 Å². The first kappa shape index (κ1) is 19.8. The SMILES string of the molecule is O=C(N/N=C\c1ccc(Sc2ccc(Cl)cc2)cc1)c1ccc(Cl)cc1Cl. The largest absolute Gasteiger partial charge is 0.272 e. The number of benzene rings is 3. The van der Waals surface area contributed by atoms with E-state index in [0.29, 0.717) is 15.6 Å². The highest BCUT2D eigenvalue weighted by atomic mass is 35.5. The van der Waals surface area contributed by atoms with E-state index < -0.39 is 5.91 Å². The summed E-state index contributed by atoms with van der Waals surface area (Å²) >= 11 is 19.4. The van der Waals surface area contributed by atoms with Crippen molar-refractivity contribution >= 4 is 58.7 Å². The predicted molar refractivity (Wildman–Crippen MR) is 114 cm³/mol. The van der Waals surface area contributed by atoms with Gasteiger partial charge in [0, 0.05) is 19.8 Å². The quantitative estimate of drug-likeness (QED) is 0.364. The van der Waals surface area contributed by atoms with Gasteiger partial charge in [0.25, 0.3) is 5.91 Å². The molecular formula is C20H13Cl3N2OS. The van der Waals surface area contributed by atoms with Crippen LogP contribution in [0.5, 0.6) is 0 Å². The number of nitrogens with zero attached hydrogens (tertiary/aromatic N) is 1. The van der Waals surface area contributed by atoms with Crippen LogP contribution in [0.1, 0.15) is 15.9 Å². The zero-order chi connectivity index (χ0) is 19.2. The molecule has 0 unspecified atom stereocenters. The summed E-state index contributed by atoms with van der Waals surface area (Å²) in [5.41, 5.74) is 3.62. The molecule has 0 saturated carbocycles. The van der Waals surface area contributed by atoms with Gasteiger partial charge in [0.05, 0.1) is 16.8 Å². The molecule has 1 amide bonds. The van der Waals surface area contributed by atoms with Gasteiger partial charge in [0.15, 0.2) is 0 Å². The first-order valence-corrected chi connectivity index (χ1v) is 9.78. The lowest BCUT2D eigenvalue weighted by atomic mass is 10.2. The lowest BCUT2D eigenvalue weighted by Crippen LogP contribution is -2.18. The average Bonchev–Trinajstić information content (AvgIpc) is 2.65. The molecule has 0 heterocycles. The molecule has 0 fully saturated rings. The third kappa shape index (κ3) is 5.75. The fourth-order valence-corrected chi connectivity index (χ4v) is 3.60. The number of rotatable bonds is 5. The van der Waals surface area contributed by atoms with Gasteiger partial charge in [-0.15, -0.1) is 0 Å². The Morgan fingerprint density at radius 2 is 1.44 bits per heavy atom. The number of carbonyl (C=O) groups is 1. The normalized spacial score (nSPS) is 10.9. The van der Waals surface area contributed by atoms with Crippen molar-refractivity contribution in [3.63, 3.8) is 0 Å². The summed E-state index contributed by atoms with van der Waals surface area (Å²) < 4.78 is 0. The first-order valence-electron chi connectivity index (χ1n) is 7.83. The van der Waals surface area contributed by atoms with Gasteiger partial charge in [-0.2, -0.15) is 5.10 Å². The Kier molecular flexibility index (Phi) is 6.80. The fourth-order valence-electron chi connectivity index (χ4n) is 2.16. The molecule has 3 nitrogen and oxygen atoms in total. The van der Waals surface area contributed by atoms with Crippen molar-refractivity contribution in [2.45, 2.75) is 9.79 Å². The van der Waals surface area contributed by atoms with E-state index >= 15 is 0 Å². The third-order valence-electron chi connectivity index (χ3n) is 3.48. The Balaban J connectivity index is 1.59. The smallest absolute Gasteiger partial charge is 0.267 e. The predicted octanol–water partition coefficient (Wildman–Crippen LogP) is 6.56. The number of nitrogens with one attached hydrogen (secondary N) is 1. The van der Waals surface area contributed by atoms with Crippen LogP contribution in [-0.2, 0) is 0 Å². The summed E-state index contributed by atoms with van der Waals surface area (Å²) in [4.78, 5) is 14.3. The second-order valence-corrected chi connectivity index (χ2v) is 7.88. The van der Waals surface area contributed by atoms with E-state index in [2.05, 4.69) is 10.5 Å². The highest BCUT2D eigenvalue weighted by Crippen LogP contribution is 2.28. The lowest BCUT2D eigenvalue weighted by molar-refractivity contribution is 0.0955. The molecule has 3 aromatic carbocycles. The molecule has 27 heavy (non-hydrogen) atoms. The van der Waals surface area contributed by atoms with E-state index in [1.165, 1.54) is 6.07 Å². The Bertz CT molecular complexity index is 974. The van der Waals surface area contributed by atoms with E-state index in [1.807, 2.05) is 48.5 Å². The molecule has 136 valence electrons. The molecule has 0 atom stereocenters. The molecule has 0 saturated heterocycles. The average molecular weight is 436 g/mol. The van der Waals surface area contributed by atoms with Gasteiger partial charge >= 0.3 is 0 Å². The Hall–Kier alpha value is -1.98. The van der Waals surface area contributed by atoms with Gasteiger partial charge in [-0.25, -0.2) is 5.43 Å². The summed E-state index contributed by atoms with van der Waals surface area (Å²) in [5, 5.41) is 5.43. The highest BCUT2D eigenvalue weighted by Gasteiger charge is 2.09.